The maximum atomic E-state index is 12.5. The van der Waals surface area contributed by atoms with Gasteiger partial charge in [-0.25, -0.2) is 0 Å². The van der Waals surface area contributed by atoms with Crippen LogP contribution in [0.5, 0.6) is 0 Å². The van der Waals surface area contributed by atoms with Crippen LogP contribution < -0.4 is 0 Å². The molecule has 6 nitrogen and oxygen atoms in total. The summed E-state index contributed by atoms with van der Waals surface area (Å²) in [6.07, 6.45) is 1.74. The van der Waals surface area contributed by atoms with Crippen molar-refractivity contribution in [1.82, 2.24) is 14.8 Å². The van der Waals surface area contributed by atoms with Crippen LogP contribution in [-0.4, -0.2) is 62.7 Å². The van der Waals surface area contributed by atoms with Crippen molar-refractivity contribution in [2.45, 2.75) is 12.7 Å². The summed E-state index contributed by atoms with van der Waals surface area (Å²) in [7, 11) is -1.28. The summed E-state index contributed by atoms with van der Waals surface area (Å²) < 4.78 is 12.5. The first-order chi connectivity index (χ1) is 13.0. The van der Waals surface area contributed by atoms with Crippen LogP contribution in [0.2, 0.25) is 0 Å². The van der Waals surface area contributed by atoms with Gasteiger partial charge in [-0.1, -0.05) is 24.3 Å². The molecule has 1 atom stereocenters. The maximum absolute atomic E-state index is 12.5. The summed E-state index contributed by atoms with van der Waals surface area (Å²) in [6.45, 7) is 3.63. The molecule has 7 heteroatoms. The van der Waals surface area contributed by atoms with E-state index in [1.54, 1.807) is 16.0 Å². The van der Waals surface area contributed by atoms with Crippen LogP contribution in [0.15, 0.2) is 48.7 Å². The van der Waals surface area contributed by atoms with Gasteiger partial charge in [0.1, 0.15) is 5.75 Å². The van der Waals surface area contributed by atoms with Gasteiger partial charge >= 0.3 is 0 Å². The first-order valence-electron chi connectivity index (χ1n) is 8.91. The second-order valence-electron chi connectivity index (χ2n) is 6.53. The number of rotatable bonds is 5. The summed E-state index contributed by atoms with van der Waals surface area (Å²) in [5, 5.41) is 0. The lowest BCUT2D eigenvalue weighted by Gasteiger charge is -2.34. The molecule has 1 aromatic carbocycles. The summed E-state index contributed by atoms with van der Waals surface area (Å²) in [4.78, 5) is 31.5. The fourth-order valence-corrected chi connectivity index (χ4v) is 4.20. The Balaban J connectivity index is 1.55. The van der Waals surface area contributed by atoms with Gasteiger partial charge in [0, 0.05) is 61.4 Å². The van der Waals surface area contributed by atoms with E-state index in [1.165, 1.54) is 6.92 Å². The smallest absolute Gasteiger partial charge is 0.235 e. The molecule has 3 rings (SSSR count). The summed E-state index contributed by atoms with van der Waals surface area (Å²) >= 11 is 0. The lowest BCUT2D eigenvalue weighted by molar-refractivity contribution is -0.136. The van der Waals surface area contributed by atoms with E-state index in [-0.39, 0.29) is 17.6 Å². The Kier molecular flexibility index (Phi) is 6.34. The zero-order chi connectivity index (χ0) is 19.2. The molecule has 2 amide bonds. The topological polar surface area (TPSA) is 70.6 Å². The lowest BCUT2D eigenvalue weighted by Crippen LogP contribution is -2.51. The molecular formula is C20H23N3O3S. The fourth-order valence-electron chi connectivity index (χ4n) is 3.09. The van der Waals surface area contributed by atoms with Crippen LogP contribution >= 0.6 is 0 Å². The van der Waals surface area contributed by atoms with E-state index >= 15 is 0 Å². The van der Waals surface area contributed by atoms with Gasteiger partial charge in [-0.05, 0) is 23.8 Å². The predicted molar refractivity (Wildman–Crippen MR) is 105 cm³/mol. The molecule has 142 valence electrons. The second kappa shape index (κ2) is 8.90. The molecule has 1 unspecified atom stereocenters. The van der Waals surface area contributed by atoms with Crippen molar-refractivity contribution in [3.63, 3.8) is 0 Å². The highest BCUT2D eigenvalue weighted by molar-refractivity contribution is 7.84. The van der Waals surface area contributed by atoms with Gasteiger partial charge in [-0.3, -0.25) is 18.8 Å². The molecule has 2 heterocycles. The van der Waals surface area contributed by atoms with Gasteiger partial charge in [-0.2, -0.15) is 0 Å². The molecular weight excluding hydrogens is 362 g/mol. The minimum Gasteiger partial charge on any atom is -0.339 e. The Morgan fingerprint density at radius 3 is 2.44 bits per heavy atom. The number of benzene rings is 1. The van der Waals surface area contributed by atoms with E-state index in [0.29, 0.717) is 31.9 Å². The second-order valence-corrected chi connectivity index (χ2v) is 7.99. The first-order valence-corrected chi connectivity index (χ1v) is 10.4. The molecule has 0 aliphatic carbocycles. The average molecular weight is 385 g/mol. The third kappa shape index (κ3) is 5.23. The normalized spacial score (nSPS) is 15.4. The quantitative estimate of drug-likeness (QED) is 0.785. The van der Waals surface area contributed by atoms with Crippen molar-refractivity contribution < 1.29 is 13.8 Å². The Labute approximate surface area is 161 Å². The van der Waals surface area contributed by atoms with E-state index in [4.69, 9.17) is 0 Å². The van der Waals surface area contributed by atoms with Gasteiger partial charge in [-0.15, -0.1) is 0 Å². The molecule has 2 aromatic rings. The largest absolute Gasteiger partial charge is 0.339 e. The maximum Gasteiger partial charge on any atom is 0.235 e. The van der Waals surface area contributed by atoms with Crippen LogP contribution in [0.25, 0.3) is 11.3 Å². The molecule has 0 bridgehead atoms. The molecule has 0 spiro atoms. The van der Waals surface area contributed by atoms with Crippen molar-refractivity contribution in [2.24, 2.45) is 0 Å². The summed E-state index contributed by atoms with van der Waals surface area (Å²) in [5.74, 6) is 0.254. The van der Waals surface area contributed by atoms with Gasteiger partial charge in [0.2, 0.25) is 11.8 Å². The molecule has 1 aliphatic heterocycles. The zero-order valence-electron chi connectivity index (χ0n) is 15.3. The minimum absolute atomic E-state index is 0.00782. The number of carbonyl (C=O) groups is 2. The van der Waals surface area contributed by atoms with E-state index in [2.05, 4.69) is 4.98 Å². The fraction of sp³-hybridized carbons (Fsp3) is 0.350. The molecule has 1 aliphatic rings. The van der Waals surface area contributed by atoms with Gasteiger partial charge in [0.05, 0.1) is 5.69 Å². The first kappa shape index (κ1) is 19.2. The highest BCUT2D eigenvalue weighted by Crippen LogP contribution is 2.18. The van der Waals surface area contributed by atoms with E-state index in [1.807, 2.05) is 42.5 Å². The SMILES string of the molecule is CC(=O)N1CCN(C(=O)CS(=O)Cc2cccc(-c3ccccn3)c2)CC1. The number of carbonyl (C=O) groups excluding carboxylic acids is 2. The predicted octanol–water partition coefficient (Wildman–Crippen LogP) is 1.69. The monoisotopic (exact) mass is 385 g/mol. The molecule has 1 fully saturated rings. The summed E-state index contributed by atoms with van der Waals surface area (Å²) in [6, 6.07) is 13.5. The average Bonchev–Trinajstić information content (AvgIpc) is 2.69. The number of pyridine rings is 1. The zero-order valence-corrected chi connectivity index (χ0v) is 16.2. The molecule has 27 heavy (non-hydrogen) atoms. The van der Waals surface area contributed by atoms with Crippen molar-refractivity contribution >= 4 is 22.6 Å². The van der Waals surface area contributed by atoms with Crippen LogP contribution in [-0.2, 0) is 26.1 Å². The summed E-state index contributed by atoms with van der Waals surface area (Å²) in [5.41, 5.74) is 2.76. The van der Waals surface area contributed by atoms with Crippen molar-refractivity contribution in [3.8, 4) is 11.3 Å². The van der Waals surface area contributed by atoms with Crippen LogP contribution in [0.4, 0.5) is 0 Å². The molecule has 0 radical (unpaired) electrons. The highest BCUT2D eigenvalue weighted by Gasteiger charge is 2.23. The van der Waals surface area contributed by atoms with Gasteiger partial charge in [0.15, 0.2) is 0 Å². The number of aromatic nitrogens is 1. The van der Waals surface area contributed by atoms with E-state index in [9.17, 15) is 13.8 Å². The van der Waals surface area contributed by atoms with E-state index < -0.39 is 10.8 Å². The number of hydrogen-bond donors (Lipinski definition) is 0. The van der Waals surface area contributed by atoms with Crippen molar-refractivity contribution in [3.05, 3.63) is 54.2 Å². The standard InChI is InChI=1S/C20H23N3O3S/c1-16(24)22-9-11-23(12-10-22)20(25)15-27(26)14-17-5-4-6-18(13-17)19-7-2-3-8-21-19/h2-8,13H,9-12,14-15H2,1H3. The Bertz CT molecular complexity index is 833. The lowest BCUT2D eigenvalue weighted by atomic mass is 10.1. The van der Waals surface area contributed by atoms with Crippen LogP contribution in [0.1, 0.15) is 12.5 Å². The van der Waals surface area contributed by atoms with Gasteiger partial charge < -0.3 is 9.80 Å². The van der Waals surface area contributed by atoms with E-state index in [0.717, 1.165) is 16.8 Å². The van der Waals surface area contributed by atoms with Crippen LogP contribution in [0, 0.1) is 0 Å². The van der Waals surface area contributed by atoms with Gasteiger partial charge in [0.25, 0.3) is 0 Å². The highest BCUT2D eigenvalue weighted by atomic mass is 32.2. The third-order valence-electron chi connectivity index (χ3n) is 4.58. The number of hydrogen-bond acceptors (Lipinski definition) is 4. The third-order valence-corrected chi connectivity index (χ3v) is 5.80. The number of amides is 2. The molecule has 1 saturated heterocycles. The minimum atomic E-state index is -1.28. The van der Waals surface area contributed by atoms with Crippen molar-refractivity contribution in [2.75, 3.05) is 31.9 Å². The molecule has 0 N–H and O–H groups in total. The van der Waals surface area contributed by atoms with Crippen LogP contribution in [0.3, 0.4) is 0 Å². The Morgan fingerprint density at radius 2 is 1.78 bits per heavy atom. The number of piperazine rings is 1. The Hall–Kier alpha value is -2.54. The molecule has 0 saturated carbocycles. The Morgan fingerprint density at radius 1 is 1.04 bits per heavy atom. The number of nitrogens with zero attached hydrogens (tertiary/aromatic N) is 3. The van der Waals surface area contributed by atoms with Crippen molar-refractivity contribution in [1.29, 1.82) is 0 Å². The molecule has 1 aromatic heterocycles.